The predicted octanol–water partition coefficient (Wildman–Crippen LogP) is -0.575. The lowest BCUT2D eigenvalue weighted by atomic mass is 9.96. The van der Waals surface area contributed by atoms with Gasteiger partial charge >= 0.3 is 5.97 Å². The molecule has 1 amide bonds. The zero-order chi connectivity index (χ0) is 19.9. The van der Waals surface area contributed by atoms with Gasteiger partial charge in [-0.25, -0.2) is 0 Å². The number of aliphatic hydroxyl groups excluding tert-OH is 2. The third-order valence-electron chi connectivity index (χ3n) is 3.78. The van der Waals surface area contributed by atoms with Crippen molar-refractivity contribution in [1.82, 2.24) is 5.32 Å². The quantitative estimate of drug-likeness (QED) is 0.326. The largest absolute Gasteiger partial charge is 0.460 e. The van der Waals surface area contributed by atoms with Crippen LogP contribution < -0.4 is 11.1 Å². The molecule has 0 bridgehead atoms. The third kappa shape index (κ3) is 7.55. The number of hydrogen-bond acceptors (Lipinski definition) is 8. The highest BCUT2D eigenvalue weighted by Crippen LogP contribution is 2.22. The van der Waals surface area contributed by atoms with Crippen LogP contribution in [0, 0.1) is 0 Å². The molecule has 1 aliphatic rings. The summed E-state index contributed by atoms with van der Waals surface area (Å²) in [7, 11) is 0. The second-order valence-corrected chi connectivity index (χ2v) is 7.40. The first kappa shape index (κ1) is 22.8. The molecule has 0 saturated carbocycles. The molecule has 5 unspecified atom stereocenters. The van der Waals surface area contributed by atoms with Gasteiger partial charge in [0, 0.05) is 26.5 Å². The molecule has 1 heterocycles. The molecule has 0 aromatic carbocycles. The molecule has 5 atom stereocenters. The van der Waals surface area contributed by atoms with E-state index in [0.29, 0.717) is 12.8 Å². The van der Waals surface area contributed by atoms with E-state index in [1.54, 1.807) is 0 Å². The number of nitrogens with one attached hydrogen (secondary N) is 1. The number of esters is 1. The number of aliphatic hydroxyl groups is 2. The van der Waals surface area contributed by atoms with Crippen molar-refractivity contribution in [3.05, 3.63) is 0 Å². The van der Waals surface area contributed by atoms with Gasteiger partial charge < -0.3 is 35.5 Å². The maximum atomic E-state index is 11.6. The molecule has 0 aliphatic carbocycles. The molecule has 0 aromatic heterocycles. The number of unbranched alkanes of at least 4 members (excludes halogenated alkanes) is 1. The van der Waals surface area contributed by atoms with Crippen LogP contribution in [0.1, 0.15) is 47.0 Å². The van der Waals surface area contributed by atoms with Crippen molar-refractivity contribution in [2.75, 3.05) is 13.2 Å². The molecule has 1 rings (SSSR count). The van der Waals surface area contributed by atoms with Crippen molar-refractivity contribution in [3.63, 3.8) is 0 Å². The van der Waals surface area contributed by atoms with Crippen LogP contribution in [-0.2, 0) is 23.8 Å². The highest BCUT2D eigenvalue weighted by molar-refractivity contribution is 5.73. The van der Waals surface area contributed by atoms with Gasteiger partial charge in [-0.2, -0.15) is 0 Å². The highest BCUT2D eigenvalue weighted by Gasteiger charge is 2.44. The van der Waals surface area contributed by atoms with Crippen LogP contribution in [0.4, 0.5) is 0 Å². The smallest absolute Gasteiger partial charge is 0.306 e. The van der Waals surface area contributed by atoms with E-state index in [9.17, 15) is 19.8 Å². The van der Waals surface area contributed by atoms with Gasteiger partial charge in [-0.15, -0.1) is 0 Å². The Hall–Kier alpha value is -1.26. The number of carbonyl (C=O) groups excluding carboxylic acids is 2. The first-order valence-corrected chi connectivity index (χ1v) is 8.87. The lowest BCUT2D eigenvalue weighted by Gasteiger charge is -2.42. The Morgan fingerprint density at radius 1 is 1.19 bits per heavy atom. The summed E-state index contributed by atoms with van der Waals surface area (Å²) in [5, 5.41) is 22.7. The fraction of sp³-hybridized carbons (Fsp3) is 0.882. The lowest BCUT2D eigenvalue weighted by molar-refractivity contribution is -0.262. The number of rotatable bonds is 8. The minimum Gasteiger partial charge on any atom is -0.460 e. The Bertz CT molecular complexity index is 467. The Morgan fingerprint density at radius 2 is 1.85 bits per heavy atom. The summed E-state index contributed by atoms with van der Waals surface area (Å²) in [6, 6.07) is -0.906. The van der Waals surface area contributed by atoms with E-state index in [0.717, 1.165) is 0 Å². The van der Waals surface area contributed by atoms with E-state index in [-0.39, 0.29) is 31.4 Å². The second kappa shape index (κ2) is 10.2. The number of carbonyl (C=O) groups is 2. The van der Waals surface area contributed by atoms with Gasteiger partial charge in [-0.3, -0.25) is 9.59 Å². The molecule has 0 spiro atoms. The molecule has 1 saturated heterocycles. The molecule has 0 radical (unpaired) electrons. The Kier molecular flexibility index (Phi) is 8.91. The fourth-order valence-corrected chi connectivity index (χ4v) is 2.62. The zero-order valence-corrected chi connectivity index (χ0v) is 15.9. The molecule has 1 fully saturated rings. The van der Waals surface area contributed by atoms with Crippen LogP contribution in [0.25, 0.3) is 0 Å². The van der Waals surface area contributed by atoms with Gasteiger partial charge in [0.05, 0.1) is 0 Å². The minimum absolute atomic E-state index is 0.00349. The van der Waals surface area contributed by atoms with Gasteiger partial charge in [-0.05, 0) is 33.6 Å². The molecule has 9 nitrogen and oxygen atoms in total. The van der Waals surface area contributed by atoms with Crippen molar-refractivity contribution >= 4 is 11.9 Å². The monoisotopic (exact) mass is 376 g/mol. The summed E-state index contributed by atoms with van der Waals surface area (Å²) in [5.41, 5.74) is 5.02. The van der Waals surface area contributed by atoms with Crippen LogP contribution in [0.3, 0.4) is 0 Å². The number of ether oxygens (including phenoxy) is 3. The van der Waals surface area contributed by atoms with Crippen LogP contribution in [0.5, 0.6) is 0 Å². The highest BCUT2D eigenvalue weighted by atomic mass is 16.7. The van der Waals surface area contributed by atoms with Crippen LogP contribution in [0.2, 0.25) is 0 Å². The van der Waals surface area contributed by atoms with Crippen molar-refractivity contribution < 1.29 is 34.0 Å². The molecule has 1 aliphatic heterocycles. The molecule has 9 heteroatoms. The topological polar surface area (TPSA) is 140 Å². The summed E-state index contributed by atoms with van der Waals surface area (Å²) in [6.07, 6.45) is -2.80. The Labute approximate surface area is 154 Å². The van der Waals surface area contributed by atoms with Gasteiger partial charge in [0.25, 0.3) is 0 Å². The van der Waals surface area contributed by atoms with Crippen molar-refractivity contribution in [2.45, 2.75) is 83.2 Å². The first-order chi connectivity index (χ1) is 12.0. The number of nitrogens with two attached hydrogens (primary N) is 1. The normalized spacial score (nSPS) is 29.3. The van der Waals surface area contributed by atoms with Gasteiger partial charge in [0.1, 0.15) is 30.0 Å². The predicted molar refractivity (Wildman–Crippen MR) is 93.0 cm³/mol. The molecule has 26 heavy (non-hydrogen) atoms. The van der Waals surface area contributed by atoms with Gasteiger partial charge in [0.15, 0.2) is 6.29 Å². The third-order valence-corrected chi connectivity index (χ3v) is 3.78. The average molecular weight is 376 g/mol. The maximum absolute atomic E-state index is 11.6. The summed E-state index contributed by atoms with van der Waals surface area (Å²) in [4.78, 5) is 23.0. The van der Waals surface area contributed by atoms with Crippen LogP contribution >= 0.6 is 0 Å². The van der Waals surface area contributed by atoms with E-state index in [1.165, 1.54) is 6.92 Å². The number of hydrogen-bond donors (Lipinski definition) is 4. The maximum Gasteiger partial charge on any atom is 0.306 e. The average Bonchev–Trinajstić information content (AvgIpc) is 2.51. The molecule has 0 aromatic rings. The van der Waals surface area contributed by atoms with E-state index < -0.39 is 36.2 Å². The van der Waals surface area contributed by atoms with Gasteiger partial charge in [-0.1, -0.05) is 0 Å². The van der Waals surface area contributed by atoms with Crippen molar-refractivity contribution in [2.24, 2.45) is 5.73 Å². The van der Waals surface area contributed by atoms with Crippen LogP contribution in [0.15, 0.2) is 0 Å². The summed E-state index contributed by atoms with van der Waals surface area (Å²) >= 11 is 0. The van der Waals surface area contributed by atoms with Crippen molar-refractivity contribution in [1.29, 1.82) is 0 Å². The van der Waals surface area contributed by atoms with Crippen LogP contribution in [-0.4, -0.2) is 71.5 Å². The molecule has 152 valence electrons. The fourth-order valence-electron chi connectivity index (χ4n) is 2.62. The summed E-state index contributed by atoms with van der Waals surface area (Å²) in [6.45, 7) is 6.98. The van der Waals surface area contributed by atoms with Crippen molar-refractivity contribution in [3.8, 4) is 0 Å². The first-order valence-electron chi connectivity index (χ1n) is 8.87. The van der Waals surface area contributed by atoms with E-state index in [4.69, 9.17) is 19.9 Å². The second-order valence-electron chi connectivity index (χ2n) is 7.40. The van der Waals surface area contributed by atoms with E-state index in [1.807, 2.05) is 20.8 Å². The van der Waals surface area contributed by atoms with E-state index >= 15 is 0 Å². The van der Waals surface area contributed by atoms with E-state index in [2.05, 4.69) is 5.32 Å². The Morgan fingerprint density at radius 3 is 2.38 bits per heavy atom. The lowest BCUT2D eigenvalue weighted by Crippen LogP contribution is -2.65. The molecule has 5 N–H and O–H groups in total. The van der Waals surface area contributed by atoms with Gasteiger partial charge in [0.2, 0.25) is 5.91 Å². The standard InChI is InChI=1S/C17H32N2O7/c1-10(20)19-13-15(23)14(22)11(9-18)25-16(13)24-8-6-5-7-12(21)26-17(2,3)4/h11,13-16,22-23H,5-9,18H2,1-4H3,(H,19,20). The zero-order valence-electron chi connectivity index (χ0n) is 15.9. The SMILES string of the molecule is CC(=O)NC1C(OCCCCC(=O)OC(C)(C)C)OC(CN)C(O)C1O. The number of amides is 1. The summed E-state index contributed by atoms with van der Waals surface area (Å²) < 4.78 is 16.4. The molecular formula is C17H32N2O7. The summed E-state index contributed by atoms with van der Waals surface area (Å²) in [5.74, 6) is -0.654. The Balaban J connectivity index is 2.46. The molecular weight excluding hydrogens is 344 g/mol. The minimum atomic E-state index is -1.26.